The molecule has 0 radical (unpaired) electrons. The molecule has 21 heavy (non-hydrogen) atoms. The van der Waals surface area contributed by atoms with Crippen molar-refractivity contribution in [1.29, 1.82) is 0 Å². The van der Waals surface area contributed by atoms with Crippen molar-refractivity contribution >= 4 is 13.8 Å². The summed E-state index contributed by atoms with van der Waals surface area (Å²) in [6.45, 7) is 8.30. The molecule has 1 aliphatic heterocycles. The Kier molecular flexibility index (Phi) is 5.00. The van der Waals surface area contributed by atoms with Crippen molar-refractivity contribution in [1.82, 2.24) is 0 Å². The van der Waals surface area contributed by atoms with Gasteiger partial charge >= 0.3 is 0 Å². The fourth-order valence-corrected chi connectivity index (χ4v) is 3.00. The van der Waals surface area contributed by atoms with Crippen molar-refractivity contribution in [2.24, 2.45) is 0 Å². The van der Waals surface area contributed by atoms with Crippen LogP contribution in [0.1, 0.15) is 12.0 Å². The van der Waals surface area contributed by atoms with E-state index in [2.05, 4.69) is 19.6 Å². The van der Waals surface area contributed by atoms with E-state index in [4.69, 9.17) is 9.47 Å². The second-order valence-electron chi connectivity index (χ2n) is 6.71. The van der Waals surface area contributed by atoms with Crippen LogP contribution >= 0.6 is 0 Å². The standard InChI is InChI=1S/C15H23NO4Si/c1-21(2,3)9-8-19-11-14-7-5-12-4-6-13(16(17)18)10-15(12)20-14/h4,6,10,14H,5,7-9,11H2,1-3H3. The van der Waals surface area contributed by atoms with Gasteiger partial charge in [0.1, 0.15) is 11.9 Å². The van der Waals surface area contributed by atoms with Gasteiger partial charge in [-0.15, -0.1) is 0 Å². The number of aryl methyl sites for hydroxylation is 1. The van der Waals surface area contributed by atoms with E-state index in [0.29, 0.717) is 12.4 Å². The molecule has 0 saturated heterocycles. The third-order valence-corrected chi connectivity index (χ3v) is 5.30. The maximum Gasteiger partial charge on any atom is 0.273 e. The Labute approximate surface area is 126 Å². The zero-order chi connectivity index (χ0) is 15.5. The third kappa shape index (κ3) is 4.82. The van der Waals surface area contributed by atoms with Crippen LogP contribution < -0.4 is 4.74 Å². The van der Waals surface area contributed by atoms with E-state index in [0.717, 1.165) is 31.1 Å². The first-order valence-corrected chi connectivity index (χ1v) is 11.1. The molecular formula is C15H23NO4Si. The second-order valence-corrected chi connectivity index (χ2v) is 12.3. The Balaban J connectivity index is 1.87. The summed E-state index contributed by atoms with van der Waals surface area (Å²) in [5.74, 6) is 0.634. The van der Waals surface area contributed by atoms with Crippen LogP contribution in [-0.4, -0.2) is 32.3 Å². The van der Waals surface area contributed by atoms with E-state index >= 15 is 0 Å². The molecule has 1 heterocycles. The highest BCUT2D eigenvalue weighted by atomic mass is 28.3. The predicted octanol–water partition coefficient (Wildman–Crippen LogP) is 3.64. The average molecular weight is 309 g/mol. The molecule has 0 bridgehead atoms. The van der Waals surface area contributed by atoms with Crippen molar-refractivity contribution in [3.63, 3.8) is 0 Å². The summed E-state index contributed by atoms with van der Waals surface area (Å²) in [4.78, 5) is 10.4. The van der Waals surface area contributed by atoms with Crippen LogP contribution in [0.3, 0.4) is 0 Å². The summed E-state index contributed by atoms with van der Waals surface area (Å²) in [6, 6.07) is 5.98. The molecule has 116 valence electrons. The number of nitro benzene ring substituents is 1. The summed E-state index contributed by atoms with van der Waals surface area (Å²) in [6.07, 6.45) is 1.79. The molecule has 0 saturated carbocycles. The summed E-state index contributed by atoms with van der Waals surface area (Å²) in [5, 5.41) is 10.8. The largest absolute Gasteiger partial charge is 0.487 e. The van der Waals surface area contributed by atoms with Gasteiger partial charge in [-0.3, -0.25) is 10.1 Å². The number of nitrogens with zero attached hydrogens (tertiary/aromatic N) is 1. The van der Waals surface area contributed by atoms with E-state index in [1.807, 2.05) is 0 Å². The average Bonchev–Trinajstić information content (AvgIpc) is 2.41. The second kappa shape index (κ2) is 6.57. The fraction of sp³-hybridized carbons (Fsp3) is 0.600. The molecule has 1 unspecified atom stereocenters. The lowest BCUT2D eigenvalue weighted by Crippen LogP contribution is -2.29. The van der Waals surface area contributed by atoms with Crippen molar-refractivity contribution in [2.75, 3.05) is 13.2 Å². The summed E-state index contributed by atoms with van der Waals surface area (Å²) in [7, 11) is -1.06. The highest BCUT2D eigenvalue weighted by molar-refractivity contribution is 6.76. The number of nitro groups is 1. The van der Waals surface area contributed by atoms with Gasteiger partial charge < -0.3 is 9.47 Å². The minimum atomic E-state index is -1.06. The third-order valence-electron chi connectivity index (χ3n) is 3.59. The summed E-state index contributed by atoms with van der Waals surface area (Å²) >= 11 is 0. The molecule has 0 fully saturated rings. The lowest BCUT2D eigenvalue weighted by atomic mass is 10.0. The number of hydrogen-bond acceptors (Lipinski definition) is 4. The molecule has 0 spiro atoms. The molecule has 2 rings (SSSR count). The highest BCUT2D eigenvalue weighted by Crippen LogP contribution is 2.31. The Morgan fingerprint density at radius 3 is 2.86 bits per heavy atom. The smallest absolute Gasteiger partial charge is 0.273 e. The molecule has 1 aromatic carbocycles. The molecule has 1 aliphatic rings. The fourth-order valence-electron chi connectivity index (χ4n) is 2.24. The van der Waals surface area contributed by atoms with E-state index in [1.165, 1.54) is 12.1 Å². The normalized spacial score (nSPS) is 18.0. The van der Waals surface area contributed by atoms with Gasteiger partial charge in [-0.2, -0.15) is 0 Å². The number of benzene rings is 1. The van der Waals surface area contributed by atoms with E-state index in [-0.39, 0.29) is 11.8 Å². The predicted molar refractivity (Wildman–Crippen MR) is 84.8 cm³/mol. The van der Waals surface area contributed by atoms with E-state index in [9.17, 15) is 10.1 Å². The van der Waals surface area contributed by atoms with Crippen LogP contribution in [0.4, 0.5) is 5.69 Å². The van der Waals surface area contributed by atoms with Crippen molar-refractivity contribution in [3.05, 3.63) is 33.9 Å². The van der Waals surface area contributed by atoms with Gasteiger partial charge in [-0.25, -0.2) is 0 Å². The van der Waals surface area contributed by atoms with Gasteiger partial charge in [0, 0.05) is 20.7 Å². The molecule has 0 amide bonds. The first kappa shape index (κ1) is 16.0. The van der Waals surface area contributed by atoms with Gasteiger partial charge in [0.2, 0.25) is 0 Å². The Morgan fingerprint density at radius 2 is 2.19 bits per heavy atom. The monoisotopic (exact) mass is 309 g/mol. The van der Waals surface area contributed by atoms with Crippen LogP contribution in [0.15, 0.2) is 18.2 Å². The van der Waals surface area contributed by atoms with Crippen molar-refractivity contribution < 1.29 is 14.4 Å². The number of ether oxygens (including phenoxy) is 2. The van der Waals surface area contributed by atoms with Crippen LogP contribution in [-0.2, 0) is 11.2 Å². The molecule has 0 aromatic heterocycles. The molecule has 0 N–H and O–H groups in total. The number of hydrogen-bond donors (Lipinski definition) is 0. The summed E-state index contributed by atoms with van der Waals surface area (Å²) < 4.78 is 11.6. The summed E-state index contributed by atoms with van der Waals surface area (Å²) in [5.41, 5.74) is 1.12. The number of rotatable bonds is 6. The molecule has 1 atom stereocenters. The molecule has 1 aromatic rings. The Hall–Kier alpha value is -1.40. The highest BCUT2D eigenvalue weighted by Gasteiger charge is 2.22. The van der Waals surface area contributed by atoms with Gasteiger partial charge in [0.25, 0.3) is 5.69 Å². The molecule has 0 aliphatic carbocycles. The quantitative estimate of drug-likeness (QED) is 0.348. The van der Waals surface area contributed by atoms with E-state index < -0.39 is 13.0 Å². The lowest BCUT2D eigenvalue weighted by molar-refractivity contribution is -0.385. The van der Waals surface area contributed by atoms with E-state index in [1.54, 1.807) is 6.07 Å². The van der Waals surface area contributed by atoms with Gasteiger partial charge in [-0.1, -0.05) is 19.6 Å². The van der Waals surface area contributed by atoms with Gasteiger partial charge in [-0.05, 0) is 30.5 Å². The minimum absolute atomic E-state index is 0.00105. The first-order chi connectivity index (χ1) is 9.85. The van der Waals surface area contributed by atoms with Crippen molar-refractivity contribution in [3.8, 4) is 5.75 Å². The molecule has 5 nitrogen and oxygen atoms in total. The molecule has 6 heteroatoms. The van der Waals surface area contributed by atoms with Crippen LogP contribution in [0, 0.1) is 10.1 Å². The molecular weight excluding hydrogens is 286 g/mol. The van der Waals surface area contributed by atoms with Crippen LogP contribution in [0.2, 0.25) is 25.7 Å². The first-order valence-electron chi connectivity index (χ1n) is 7.37. The minimum Gasteiger partial charge on any atom is -0.487 e. The number of non-ortho nitro benzene ring substituents is 1. The zero-order valence-electron chi connectivity index (χ0n) is 12.9. The topological polar surface area (TPSA) is 61.6 Å². The van der Waals surface area contributed by atoms with Gasteiger partial charge in [0.05, 0.1) is 17.6 Å². The van der Waals surface area contributed by atoms with Crippen LogP contribution in [0.25, 0.3) is 0 Å². The number of fused-ring (bicyclic) bond motifs is 1. The lowest BCUT2D eigenvalue weighted by Gasteiger charge is -2.26. The maximum atomic E-state index is 10.8. The van der Waals surface area contributed by atoms with Crippen molar-refractivity contribution in [2.45, 2.75) is 44.6 Å². The Morgan fingerprint density at radius 1 is 1.43 bits per heavy atom. The van der Waals surface area contributed by atoms with Crippen LogP contribution in [0.5, 0.6) is 5.75 Å². The zero-order valence-corrected chi connectivity index (χ0v) is 13.9. The SMILES string of the molecule is C[Si](C)(C)CCOCC1CCc2ccc([N+](=O)[O-])cc2O1. The van der Waals surface area contributed by atoms with Gasteiger partial charge in [0.15, 0.2) is 0 Å². The Bertz CT molecular complexity index is 513. The maximum absolute atomic E-state index is 10.8.